The molecule has 1 aliphatic carbocycles. The molecule has 126 valence electrons. The molecule has 3 rings (SSSR count). The van der Waals surface area contributed by atoms with Gasteiger partial charge >= 0.3 is 0 Å². The Balaban J connectivity index is 1.69. The van der Waals surface area contributed by atoms with E-state index in [1.165, 1.54) is 0 Å². The van der Waals surface area contributed by atoms with Gasteiger partial charge in [0.15, 0.2) is 5.78 Å². The molecular formula is C18H22N4O2. The van der Waals surface area contributed by atoms with E-state index in [1.807, 2.05) is 6.07 Å². The number of hydrogen-bond acceptors (Lipinski definition) is 4. The predicted octanol–water partition coefficient (Wildman–Crippen LogP) is 3.25. The SMILES string of the molecule is CC(C)CNc1ccc(NC(=O)c2c[nH]c3c2C(=O)CCC3)cn1. The van der Waals surface area contributed by atoms with Crippen molar-refractivity contribution in [3.63, 3.8) is 0 Å². The zero-order valence-electron chi connectivity index (χ0n) is 14.0. The molecule has 3 N–H and O–H groups in total. The van der Waals surface area contributed by atoms with Gasteiger partial charge in [0.1, 0.15) is 5.82 Å². The van der Waals surface area contributed by atoms with Crippen LogP contribution in [0.4, 0.5) is 11.5 Å². The Labute approximate surface area is 141 Å². The van der Waals surface area contributed by atoms with Crippen molar-refractivity contribution in [2.24, 2.45) is 5.92 Å². The number of amides is 1. The average Bonchev–Trinajstić information content (AvgIpc) is 3.00. The number of pyridine rings is 1. The van der Waals surface area contributed by atoms with E-state index in [4.69, 9.17) is 0 Å². The zero-order chi connectivity index (χ0) is 17.1. The summed E-state index contributed by atoms with van der Waals surface area (Å²) in [5, 5.41) is 6.03. The van der Waals surface area contributed by atoms with Crippen molar-refractivity contribution in [3.8, 4) is 0 Å². The quantitative estimate of drug-likeness (QED) is 0.787. The largest absolute Gasteiger partial charge is 0.370 e. The number of ketones is 1. The van der Waals surface area contributed by atoms with Crippen LogP contribution in [0.3, 0.4) is 0 Å². The van der Waals surface area contributed by atoms with Gasteiger partial charge in [-0.05, 0) is 30.9 Å². The first-order chi connectivity index (χ1) is 11.5. The first-order valence-electron chi connectivity index (χ1n) is 8.29. The molecule has 0 saturated carbocycles. The Morgan fingerprint density at radius 1 is 1.33 bits per heavy atom. The van der Waals surface area contributed by atoms with Gasteiger partial charge in [0.25, 0.3) is 5.91 Å². The Morgan fingerprint density at radius 3 is 2.88 bits per heavy atom. The van der Waals surface area contributed by atoms with Crippen LogP contribution in [-0.4, -0.2) is 28.2 Å². The van der Waals surface area contributed by atoms with Crippen LogP contribution in [0.5, 0.6) is 0 Å². The van der Waals surface area contributed by atoms with E-state index in [0.717, 1.165) is 30.9 Å². The summed E-state index contributed by atoms with van der Waals surface area (Å²) >= 11 is 0. The monoisotopic (exact) mass is 326 g/mol. The van der Waals surface area contributed by atoms with E-state index in [-0.39, 0.29) is 11.7 Å². The lowest BCUT2D eigenvalue weighted by atomic mass is 9.93. The normalized spacial score (nSPS) is 13.7. The molecule has 1 amide bonds. The van der Waals surface area contributed by atoms with Crippen molar-refractivity contribution in [2.75, 3.05) is 17.2 Å². The summed E-state index contributed by atoms with van der Waals surface area (Å²) in [6.07, 6.45) is 5.38. The van der Waals surface area contributed by atoms with Crippen LogP contribution in [0.1, 0.15) is 53.1 Å². The number of H-pyrrole nitrogens is 1. The van der Waals surface area contributed by atoms with Gasteiger partial charge in [0.2, 0.25) is 0 Å². The van der Waals surface area contributed by atoms with Crippen LogP contribution >= 0.6 is 0 Å². The van der Waals surface area contributed by atoms with E-state index >= 15 is 0 Å². The number of hydrogen-bond donors (Lipinski definition) is 3. The number of carbonyl (C=O) groups is 2. The van der Waals surface area contributed by atoms with Crippen LogP contribution in [0.15, 0.2) is 24.5 Å². The number of Topliss-reactive ketones (excluding diaryl/α,β-unsaturated/α-hetero) is 1. The molecule has 24 heavy (non-hydrogen) atoms. The van der Waals surface area contributed by atoms with Crippen molar-refractivity contribution >= 4 is 23.2 Å². The van der Waals surface area contributed by atoms with Crippen molar-refractivity contribution in [1.29, 1.82) is 0 Å². The van der Waals surface area contributed by atoms with Gasteiger partial charge < -0.3 is 15.6 Å². The molecular weight excluding hydrogens is 304 g/mol. The van der Waals surface area contributed by atoms with E-state index in [9.17, 15) is 9.59 Å². The molecule has 0 aromatic carbocycles. The van der Waals surface area contributed by atoms with Crippen LogP contribution in [-0.2, 0) is 6.42 Å². The fraction of sp³-hybridized carbons (Fsp3) is 0.389. The Kier molecular flexibility index (Phi) is 4.64. The average molecular weight is 326 g/mol. The molecule has 0 bridgehead atoms. The Hall–Kier alpha value is -2.63. The highest BCUT2D eigenvalue weighted by Gasteiger charge is 2.25. The molecule has 0 atom stereocenters. The molecule has 6 heteroatoms. The van der Waals surface area contributed by atoms with Crippen molar-refractivity contribution < 1.29 is 9.59 Å². The minimum Gasteiger partial charge on any atom is -0.370 e. The van der Waals surface area contributed by atoms with Crippen LogP contribution in [0, 0.1) is 5.92 Å². The van der Waals surface area contributed by atoms with Gasteiger partial charge in [-0.25, -0.2) is 4.98 Å². The molecule has 0 spiro atoms. The number of aromatic amines is 1. The second-order valence-electron chi connectivity index (χ2n) is 6.49. The maximum atomic E-state index is 12.5. The van der Waals surface area contributed by atoms with Crippen molar-refractivity contribution in [1.82, 2.24) is 9.97 Å². The Morgan fingerprint density at radius 2 is 2.17 bits per heavy atom. The molecule has 1 aliphatic rings. The molecule has 2 heterocycles. The lowest BCUT2D eigenvalue weighted by Crippen LogP contribution is -2.18. The van der Waals surface area contributed by atoms with Gasteiger partial charge in [-0.3, -0.25) is 9.59 Å². The summed E-state index contributed by atoms with van der Waals surface area (Å²) in [5.41, 5.74) is 2.43. The minimum atomic E-state index is -0.285. The molecule has 0 fully saturated rings. The van der Waals surface area contributed by atoms with Gasteiger partial charge in [-0.2, -0.15) is 0 Å². The first-order valence-corrected chi connectivity index (χ1v) is 8.29. The first kappa shape index (κ1) is 16.2. The molecule has 2 aromatic rings. The van der Waals surface area contributed by atoms with Crippen molar-refractivity contribution in [3.05, 3.63) is 41.3 Å². The minimum absolute atomic E-state index is 0.0361. The second-order valence-corrected chi connectivity index (χ2v) is 6.49. The van der Waals surface area contributed by atoms with E-state index in [1.54, 1.807) is 18.5 Å². The lowest BCUT2D eigenvalue weighted by Gasteiger charge is -2.12. The third kappa shape index (κ3) is 3.48. The molecule has 2 aromatic heterocycles. The maximum absolute atomic E-state index is 12.5. The third-order valence-corrected chi connectivity index (χ3v) is 4.03. The highest BCUT2D eigenvalue weighted by atomic mass is 16.2. The smallest absolute Gasteiger partial charge is 0.257 e. The summed E-state index contributed by atoms with van der Waals surface area (Å²) in [6, 6.07) is 3.63. The number of aryl methyl sites for hydroxylation is 1. The number of aromatic nitrogens is 2. The fourth-order valence-electron chi connectivity index (χ4n) is 2.79. The van der Waals surface area contributed by atoms with Crippen LogP contribution in [0.25, 0.3) is 0 Å². The number of nitrogens with one attached hydrogen (secondary N) is 3. The molecule has 0 saturated heterocycles. The predicted molar refractivity (Wildman–Crippen MR) is 93.6 cm³/mol. The third-order valence-electron chi connectivity index (χ3n) is 4.03. The molecule has 0 aliphatic heterocycles. The number of rotatable bonds is 5. The molecule has 6 nitrogen and oxygen atoms in total. The van der Waals surface area contributed by atoms with E-state index in [2.05, 4.69) is 34.4 Å². The van der Waals surface area contributed by atoms with Gasteiger partial charge in [-0.15, -0.1) is 0 Å². The maximum Gasteiger partial charge on any atom is 0.257 e. The van der Waals surface area contributed by atoms with Crippen LogP contribution < -0.4 is 10.6 Å². The lowest BCUT2D eigenvalue weighted by molar-refractivity contribution is 0.0956. The topological polar surface area (TPSA) is 86.9 Å². The van der Waals surface area contributed by atoms with Crippen LogP contribution in [0.2, 0.25) is 0 Å². The number of anilines is 2. The van der Waals surface area contributed by atoms with Crippen molar-refractivity contribution in [2.45, 2.75) is 33.1 Å². The highest BCUT2D eigenvalue weighted by molar-refractivity contribution is 6.13. The van der Waals surface area contributed by atoms with Gasteiger partial charge in [0.05, 0.1) is 23.0 Å². The fourth-order valence-corrected chi connectivity index (χ4v) is 2.79. The molecule has 0 unspecified atom stereocenters. The highest BCUT2D eigenvalue weighted by Crippen LogP contribution is 2.24. The summed E-state index contributed by atoms with van der Waals surface area (Å²) in [4.78, 5) is 31.9. The van der Waals surface area contributed by atoms with Gasteiger partial charge in [0, 0.05) is 24.9 Å². The molecule has 0 radical (unpaired) electrons. The summed E-state index contributed by atoms with van der Waals surface area (Å²) in [6.45, 7) is 5.09. The van der Waals surface area contributed by atoms with E-state index < -0.39 is 0 Å². The standard InChI is InChI=1S/C18H22N4O2/c1-11(2)8-20-16-7-6-12(9-21-16)22-18(24)13-10-19-14-4-3-5-15(23)17(13)14/h6-7,9-11,19H,3-5,8H2,1-2H3,(H,20,21)(H,22,24). The zero-order valence-corrected chi connectivity index (χ0v) is 14.0. The number of nitrogens with zero attached hydrogens (tertiary/aromatic N) is 1. The summed E-state index contributed by atoms with van der Waals surface area (Å²) in [7, 11) is 0. The number of carbonyl (C=O) groups excluding carboxylic acids is 2. The summed E-state index contributed by atoms with van der Waals surface area (Å²) < 4.78 is 0. The van der Waals surface area contributed by atoms with Gasteiger partial charge in [-0.1, -0.05) is 13.8 Å². The Bertz CT molecular complexity index is 747. The van der Waals surface area contributed by atoms with E-state index in [0.29, 0.717) is 29.2 Å². The number of fused-ring (bicyclic) bond motifs is 1. The second kappa shape index (κ2) is 6.86. The summed E-state index contributed by atoms with van der Waals surface area (Å²) in [5.74, 6) is 1.06.